The molecule has 0 atom stereocenters. The summed E-state index contributed by atoms with van der Waals surface area (Å²) in [6.07, 6.45) is 0. The van der Waals surface area contributed by atoms with Crippen LogP contribution in [-0.4, -0.2) is 19.4 Å². The summed E-state index contributed by atoms with van der Waals surface area (Å²) in [6, 6.07) is 3.42. The monoisotopic (exact) mass is 250 g/mol. The Labute approximate surface area is 106 Å². The quantitative estimate of drug-likeness (QED) is 0.857. The predicted octanol–water partition coefficient (Wildman–Crippen LogP) is 1.67. The zero-order valence-corrected chi connectivity index (χ0v) is 10.9. The second-order valence-electron chi connectivity index (χ2n) is 5.12. The molecule has 0 bridgehead atoms. The molecule has 1 aliphatic heterocycles. The molecule has 0 saturated heterocycles. The zero-order chi connectivity index (χ0) is 13.3. The van der Waals surface area contributed by atoms with E-state index in [1.54, 1.807) is 0 Å². The van der Waals surface area contributed by atoms with E-state index in [0.717, 1.165) is 22.6 Å². The summed E-state index contributed by atoms with van der Waals surface area (Å²) in [5, 5.41) is 2.65. The molecule has 0 aliphatic carbocycles. The lowest BCUT2D eigenvalue weighted by Crippen LogP contribution is -2.39. The molecule has 2 rings (SSSR count). The van der Waals surface area contributed by atoms with Gasteiger partial charge in [-0.3, -0.25) is 0 Å². The minimum atomic E-state index is -0.513. The van der Waals surface area contributed by atoms with Crippen LogP contribution in [0.3, 0.4) is 0 Å². The molecule has 1 heterocycles. The van der Waals surface area contributed by atoms with Gasteiger partial charge in [0.1, 0.15) is 0 Å². The van der Waals surface area contributed by atoms with E-state index in [1.807, 2.05) is 32.9 Å². The summed E-state index contributed by atoms with van der Waals surface area (Å²) >= 11 is 0. The lowest BCUT2D eigenvalue weighted by molar-refractivity contribution is 0.174. The van der Waals surface area contributed by atoms with Gasteiger partial charge in [0, 0.05) is 12.0 Å². The van der Waals surface area contributed by atoms with Crippen LogP contribution in [0, 0.1) is 6.92 Å². The number of primary amides is 1. The minimum absolute atomic E-state index is 0.222. The van der Waals surface area contributed by atoms with Gasteiger partial charge in [-0.15, -0.1) is 0 Å². The number of nitrogens with one attached hydrogen (secondary N) is 1. The van der Waals surface area contributed by atoms with Crippen molar-refractivity contribution >= 4 is 6.03 Å². The van der Waals surface area contributed by atoms with E-state index in [4.69, 9.17) is 15.2 Å². The molecule has 5 heteroatoms. The lowest BCUT2D eigenvalue weighted by Gasteiger charge is -2.27. The number of nitrogens with two attached hydrogens (primary N) is 1. The molecule has 0 radical (unpaired) electrons. The second-order valence-corrected chi connectivity index (χ2v) is 5.12. The van der Waals surface area contributed by atoms with Gasteiger partial charge < -0.3 is 20.5 Å². The third kappa shape index (κ3) is 2.34. The average Bonchev–Trinajstić information content (AvgIpc) is 2.72. The number of amides is 2. The fraction of sp³-hybridized carbons (Fsp3) is 0.462. The van der Waals surface area contributed by atoms with E-state index in [2.05, 4.69) is 5.32 Å². The normalized spacial score (nSPS) is 13.5. The molecule has 1 aromatic carbocycles. The first-order valence-corrected chi connectivity index (χ1v) is 5.84. The van der Waals surface area contributed by atoms with Gasteiger partial charge in [0.25, 0.3) is 0 Å². The first kappa shape index (κ1) is 12.5. The van der Waals surface area contributed by atoms with Gasteiger partial charge in [-0.25, -0.2) is 4.79 Å². The van der Waals surface area contributed by atoms with Crippen LogP contribution in [0.15, 0.2) is 12.1 Å². The molecule has 2 amide bonds. The van der Waals surface area contributed by atoms with E-state index in [0.29, 0.717) is 6.54 Å². The molecule has 5 nitrogen and oxygen atoms in total. The van der Waals surface area contributed by atoms with Crippen molar-refractivity contribution in [2.24, 2.45) is 5.73 Å². The van der Waals surface area contributed by atoms with E-state index in [-0.39, 0.29) is 12.2 Å². The number of fused-ring (bicyclic) bond motifs is 1. The second kappa shape index (κ2) is 4.40. The van der Waals surface area contributed by atoms with Crippen LogP contribution in [0.1, 0.15) is 25.0 Å². The Morgan fingerprint density at radius 3 is 2.61 bits per heavy atom. The number of hydrogen-bond donors (Lipinski definition) is 2. The van der Waals surface area contributed by atoms with Gasteiger partial charge >= 0.3 is 6.03 Å². The Kier molecular flexibility index (Phi) is 3.07. The van der Waals surface area contributed by atoms with Crippen LogP contribution in [0.4, 0.5) is 4.79 Å². The molecule has 1 aliphatic rings. The molecule has 1 aromatic rings. The van der Waals surface area contributed by atoms with Crippen molar-refractivity contribution in [3.8, 4) is 11.5 Å². The van der Waals surface area contributed by atoms with Gasteiger partial charge in [-0.05, 0) is 30.2 Å². The van der Waals surface area contributed by atoms with Crippen LogP contribution < -0.4 is 20.5 Å². The van der Waals surface area contributed by atoms with Gasteiger partial charge in [-0.2, -0.15) is 0 Å². The van der Waals surface area contributed by atoms with Crippen LogP contribution in [0.5, 0.6) is 11.5 Å². The topological polar surface area (TPSA) is 73.6 Å². The van der Waals surface area contributed by atoms with Crippen molar-refractivity contribution in [3.63, 3.8) is 0 Å². The number of benzene rings is 1. The molecular formula is C13H18N2O3. The standard InChI is InChI=1S/C13H18N2O3/c1-8-4-10-11(18-7-17-10)5-9(8)13(2,3)6-15-12(14)16/h4-5H,6-7H2,1-3H3,(H3,14,15,16). The van der Waals surface area contributed by atoms with Crippen LogP contribution >= 0.6 is 0 Å². The first-order chi connectivity index (χ1) is 8.40. The van der Waals surface area contributed by atoms with Crippen molar-refractivity contribution in [1.29, 1.82) is 0 Å². The van der Waals surface area contributed by atoms with E-state index in [9.17, 15) is 4.79 Å². The molecule has 18 heavy (non-hydrogen) atoms. The van der Waals surface area contributed by atoms with Crippen LogP contribution in [-0.2, 0) is 5.41 Å². The maximum atomic E-state index is 10.8. The van der Waals surface area contributed by atoms with Crippen molar-refractivity contribution < 1.29 is 14.3 Å². The maximum absolute atomic E-state index is 10.8. The lowest BCUT2D eigenvalue weighted by atomic mass is 9.81. The minimum Gasteiger partial charge on any atom is -0.454 e. The summed E-state index contributed by atoms with van der Waals surface area (Å²) < 4.78 is 10.7. The smallest absolute Gasteiger partial charge is 0.312 e. The largest absolute Gasteiger partial charge is 0.454 e. The maximum Gasteiger partial charge on any atom is 0.312 e. The fourth-order valence-corrected chi connectivity index (χ4v) is 2.18. The summed E-state index contributed by atoms with van der Waals surface area (Å²) in [6.45, 7) is 6.85. The Hall–Kier alpha value is -1.91. The highest BCUT2D eigenvalue weighted by Gasteiger charge is 2.26. The highest BCUT2D eigenvalue weighted by atomic mass is 16.7. The van der Waals surface area contributed by atoms with Gasteiger partial charge in [0.05, 0.1) is 0 Å². The van der Waals surface area contributed by atoms with Gasteiger partial charge in [-0.1, -0.05) is 13.8 Å². The van der Waals surface area contributed by atoms with Crippen molar-refractivity contribution in [2.75, 3.05) is 13.3 Å². The highest BCUT2D eigenvalue weighted by molar-refractivity contribution is 5.71. The molecule has 0 unspecified atom stereocenters. The van der Waals surface area contributed by atoms with Crippen molar-refractivity contribution in [2.45, 2.75) is 26.2 Å². The number of rotatable bonds is 3. The predicted molar refractivity (Wildman–Crippen MR) is 67.9 cm³/mol. The Morgan fingerprint density at radius 1 is 1.39 bits per heavy atom. The third-order valence-electron chi connectivity index (χ3n) is 3.15. The molecule has 98 valence electrons. The summed E-state index contributed by atoms with van der Waals surface area (Å²) in [5.41, 5.74) is 7.11. The summed E-state index contributed by atoms with van der Waals surface area (Å²) in [4.78, 5) is 10.8. The SMILES string of the molecule is Cc1cc2c(cc1C(C)(C)CNC(N)=O)OCO2. The number of aryl methyl sites for hydroxylation is 1. The fourth-order valence-electron chi connectivity index (χ4n) is 2.18. The zero-order valence-electron chi connectivity index (χ0n) is 10.9. The number of hydrogen-bond acceptors (Lipinski definition) is 3. The molecule has 0 fully saturated rings. The Bertz CT molecular complexity index is 483. The Balaban J connectivity index is 2.29. The molecule has 3 N–H and O–H groups in total. The first-order valence-electron chi connectivity index (χ1n) is 5.84. The van der Waals surface area contributed by atoms with Gasteiger partial charge in [0.15, 0.2) is 11.5 Å². The molecule has 0 saturated carbocycles. The van der Waals surface area contributed by atoms with Crippen LogP contribution in [0.25, 0.3) is 0 Å². The Morgan fingerprint density at radius 2 is 2.00 bits per heavy atom. The van der Waals surface area contributed by atoms with Crippen molar-refractivity contribution in [1.82, 2.24) is 5.32 Å². The average molecular weight is 250 g/mol. The number of carbonyl (C=O) groups is 1. The van der Waals surface area contributed by atoms with Crippen LogP contribution in [0.2, 0.25) is 0 Å². The highest BCUT2D eigenvalue weighted by Crippen LogP contribution is 2.38. The van der Waals surface area contributed by atoms with E-state index >= 15 is 0 Å². The van der Waals surface area contributed by atoms with E-state index in [1.165, 1.54) is 0 Å². The number of ether oxygens (including phenoxy) is 2. The number of urea groups is 1. The van der Waals surface area contributed by atoms with Gasteiger partial charge in [0.2, 0.25) is 6.79 Å². The molecule has 0 aromatic heterocycles. The van der Waals surface area contributed by atoms with Crippen molar-refractivity contribution in [3.05, 3.63) is 23.3 Å². The van der Waals surface area contributed by atoms with E-state index < -0.39 is 6.03 Å². The third-order valence-corrected chi connectivity index (χ3v) is 3.15. The number of carbonyl (C=O) groups excluding carboxylic acids is 1. The summed E-state index contributed by atoms with van der Waals surface area (Å²) in [7, 11) is 0. The summed E-state index contributed by atoms with van der Waals surface area (Å²) in [5.74, 6) is 1.53. The molecular weight excluding hydrogens is 232 g/mol. The molecule has 0 spiro atoms.